The quantitative estimate of drug-likeness (QED) is 0.618. The number of nitrogens with one attached hydrogen (secondary N) is 2. The van der Waals surface area contributed by atoms with Gasteiger partial charge in [0.25, 0.3) is 5.91 Å². The molecule has 0 aliphatic rings. The molecule has 0 radical (unpaired) electrons. The minimum Gasteiger partial charge on any atom is -0.355 e. The number of unbranched alkanes of at least 4 members (excludes halogenated alkanes) is 2. The minimum atomic E-state index is -3.56. The Bertz CT molecular complexity index is 669. The monoisotopic (exact) mass is 368 g/mol. The highest BCUT2D eigenvalue weighted by atomic mass is 32.2. The number of sulfone groups is 1. The summed E-state index contributed by atoms with van der Waals surface area (Å²) in [5, 5.41) is 5.24. The third-order valence-electron chi connectivity index (χ3n) is 3.83. The summed E-state index contributed by atoms with van der Waals surface area (Å²) in [7, 11) is -2.03. The molecule has 2 amide bonds. The van der Waals surface area contributed by atoms with Gasteiger partial charge in [0.15, 0.2) is 9.84 Å². The SMILES string of the molecule is CCCCC[C@H](C)NC(=O)CS(=O)(=O)Cc1ccc(C(=O)NC)cc1. The Kier molecular flexibility index (Phi) is 8.61. The molecule has 1 aromatic carbocycles. The first-order chi connectivity index (χ1) is 11.8. The first-order valence-corrected chi connectivity index (χ1v) is 10.4. The highest BCUT2D eigenvalue weighted by Gasteiger charge is 2.19. The lowest BCUT2D eigenvalue weighted by molar-refractivity contribution is -0.119. The predicted molar refractivity (Wildman–Crippen MR) is 99.1 cm³/mol. The van der Waals surface area contributed by atoms with Gasteiger partial charge in [0.2, 0.25) is 5.91 Å². The van der Waals surface area contributed by atoms with Crippen LogP contribution in [0.4, 0.5) is 0 Å². The maximum atomic E-state index is 12.2. The van der Waals surface area contributed by atoms with Gasteiger partial charge >= 0.3 is 0 Å². The second-order valence-electron chi connectivity index (χ2n) is 6.27. The van der Waals surface area contributed by atoms with Crippen molar-refractivity contribution in [2.24, 2.45) is 0 Å². The van der Waals surface area contributed by atoms with Gasteiger partial charge in [-0.2, -0.15) is 0 Å². The van der Waals surface area contributed by atoms with E-state index in [-0.39, 0.29) is 17.7 Å². The third-order valence-corrected chi connectivity index (χ3v) is 5.30. The molecule has 0 aliphatic carbocycles. The van der Waals surface area contributed by atoms with Gasteiger partial charge in [-0.15, -0.1) is 0 Å². The fraction of sp³-hybridized carbons (Fsp3) is 0.556. The average Bonchev–Trinajstić information content (AvgIpc) is 2.53. The molecule has 0 aliphatic heterocycles. The Labute approximate surface area is 150 Å². The largest absolute Gasteiger partial charge is 0.355 e. The third kappa shape index (κ3) is 8.16. The predicted octanol–water partition coefficient (Wildman–Crippen LogP) is 2.05. The molecule has 25 heavy (non-hydrogen) atoms. The second kappa shape index (κ2) is 10.2. The Morgan fingerprint density at radius 1 is 1.12 bits per heavy atom. The molecule has 0 bridgehead atoms. The van der Waals surface area contributed by atoms with E-state index in [0.717, 1.165) is 25.7 Å². The molecule has 7 heteroatoms. The number of hydrogen-bond acceptors (Lipinski definition) is 4. The van der Waals surface area contributed by atoms with Gasteiger partial charge in [0, 0.05) is 18.7 Å². The molecule has 0 unspecified atom stereocenters. The van der Waals surface area contributed by atoms with Gasteiger partial charge in [-0.3, -0.25) is 9.59 Å². The molecule has 0 heterocycles. The van der Waals surface area contributed by atoms with Crippen LogP contribution in [0.2, 0.25) is 0 Å². The van der Waals surface area contributed by atoms with E-state index in [4.69, 9.17) is 0 Å². The normalized spacial score (nSPS) is 12.4. The molecule has 0 fully saturated rings. The molecule has 0 saturated carbocycles. The molecule has 2 N–H and O–H groups in total. The van der Waals surface area contributed by atoms with Gasteiger partial charge in [0.1, 0.15) is 5.75 Å². The molecule has 0 spiro atoms. The molecule has 1 aromatic rings. The van der Waals surface area contributed by atoms with E-state index in [9.17, 15) is 18.0 Å². The van der Waals surface area contributed by atoms with Crippen molar-refractivity contribution in [3.05, 3.63) is 35.4 Å². The van der Waals surface area contributed by atoms with Crippen molar-refractivity contribution >= 4 is 21.7 Å². The summed E-state index contributed by atoms with van der Waals surface area (Å²) in [6.45, 7) is 3.99. The van der Waals surface area contributed by atoms with Crippen LogP contribution in [0.15, 0.2) is 24.3 Å². The molecule has 6 nitrogen and oxygen atoms in total. The summed E-state index contributed by atoms with van der Waals surface area (Å²) in [5.74, 6) is -1.45. The Morgan fingerprint density at radius 2 is 1.76 bits per heavy atom. The molecule has 140 valence electrons. The first-order valence-electron chi connectivity index (χ1n) is 8.58. The molecular formula is C18H28N2O4S. The van der Waals surface area contributed by atoms with Crippen molar-refractivity contribution in [1.82, 2.24) is 10.6 Å². The lowest BCUT2D eigenvalue weighted by Gasteiger charge is -2.13. The van der Waals surface area contributed by atoms with Crippen molar-refractivity contribution in [3.63, 3.8) is 0 Å². The summed E-state index contributed by atoms with van der Waals surface area (Å²) >= 11 is 0. The number of amides is 2. The van der Waals surface area contributed by atoms with Crippen molar-refractivity contribution in [2.75, 3.05) is 12.8 Å². The van der Waals surface area contributed by atoms with E-state index < -0.39 is 21.5 Å². The zero-order chi connectivity index (χ0) is 18.9. The lowest BCUT2D eigenvalue weighted by atomic mass is 10.1. The van der Waals surface area contributed by atoms with Crippen LogP contribution in [0, 0.1) is 0 Å². The molecular weight excluding hydrogens is 340 g/mol. The van der Waals surface area contributed by atoms with Crippen LogP contribution < -0.4 is 10.6 Å². The van der Waals surface area contributed by atoms with Crippen molar-refractivity contribution in [1.29, 1.82) is 0 Å². The maximum absolute atomic E-state index is 12.2. The van der Waals surface area contributed by atoms with Gasteiger partial charge in [-0.1, -0.05) is 38.3 Å². The summed E-state index contributed by atoms with van der Waals surface area (Å²) in [6, 6.07) is 6.29. The summed E-state index contributed by atoms with van der Waals surface area (Å²) in [4.78, 5) is 23.4. The van der Waals surface area contributed by atoms with Crippen LogP contribution in [0.5, 0.6) is 0 Å². The molecule has 0 saturated heterocycles. The van der Waals surface area contributed by atoms with Crippen LogP contribution in [0.25, 0.3) is 0 Å². The second-order valence-corrected chi connectivity index (χ2v) is 8.34. The van der Waals surface area contributed by atoms with Crippen LogP contribution in [0.1, 0.15) is 55.5 Å². The fourth-order valence-corrected chi connectivity index (χ4v) is 3.78. The van der Waals surface area contributed by atoms with E-state index in [1.54, 1.807) is 24.3 Å². The zero-order valence-electron chi connectivity index (χ0n) is 15.2. The average molecular weight is 368 g/mol. The van der Waals surface area contributed by atoms with Crippen LogP contribution >= 0.6 is 0 Å². The highest BCUT2D eigenvalue weighted by molar-refractivity contribution is 7.91. The van der Waals surface area contributed by atoms with E-state index in [1.165, 1.54) is 7.05 Å². The summed E-state index contributed by atoms with van der Waals surface area (Å²) in [6.07, 6.45) is 4.07. The standard InChI is InChI=1S/C18H28N2O4S/c1-4-5-6-7-14(2)20-17(21)13-25(23,24)12-15-8-10-16(11-9-15)18(22)19-3/h8-11,14H,4-7,12-13H2,1-3H3,(H,19,22)(H,20,21)/t14-/m0/s1. The van der Waals surface area contributed by atoms with Crippen molar-refractivity contribution < 1.29 is 18.0 Å². The molecule has 1 rings (SSSR count). The van der Waals surface area contributed by atoms with Gasteiger partial charge in [0.05, 0.1) is 5.75 Å². The zero-order valence-corrected chi connectivity index (χ0v) is 16.0. The Balaban J connectivity index is 2.54. The Morgan fingerprint density at radius 3 is 2.32 bits per heavy atom. The topological polar surface area (TPSA) is 92.3 Å². The van der Waals surface area contributed by atoms with E-state index >= 15 is 0 Å². The van der Waals surface area contributed by atoms with E-state index in [2.05, 4.69) is 17.6 Å². The van der Waals surface area contributed by atoms with Gasteiger partial charge < -0.3 is 10.6 Å². The van der Waals surface area contributed by atoms with Crippen molar-refractivity contribution in [3.8, 4) is 0 Å². The minimum absolute atomic E-state index is 0.0268. The Hall–Kier alpha value is -1.89. The lowest BCUT2D eigenvalue weighted by Crippen LogP contribution is -2.37. The number of carbonyl (C=O) groups is 2. The summed E-state index contributed by atoms with van der Waals surface area (Å²) in [5.41, 5.74) is 1.01. The number of benzene rings is 1. The van der Waals surface area contributed by atoms with Crippen LogP contribution in [-0.4, -0.2) is 39.1 Å². The van der Waals surface area contributed by atoms with Gasteiger partial charge in [-0.05, 0) is 31.0 Å². The smallest absolute Gasteiger partial charge is 0.251 e. The number of hydrogen-bond donors (Lipinski definition) is 2. The van der Waals surface area contributed by atoms with Crippen LogP contribution in [-0.2, 0) is 20.4 Å². The number of rotatable bonds is 10. The highest BCUT2D eigenvalue weighted by Crippen LogP contribution is 2.10. The van der Waals surface area contributed by atoms with E-state index in [1.807, 2.05) is 6.92 Å². The molecule has 1 atom stereocenters. The van der Waals surface area contributed by atoms with E-state index in [0.29, 0.717) is 11.1 Å². The fourth-order valence-electron chi connectivity index (χ4n) is 2.49. The van der Waals surface area contributed by atoms with Crippen LogP contribution in [0.3, 0.4) is 0 Å². The number of carbonyl (C=O) groups excluding carboxylic acids is 2. The summed E-state index contributed by atoms with van der Waals surface area (Å²) < 4.78 is 24.4. The maximum Gasteiger partial charge on any atom is 0.251 e. The molecule has 0 aromatic heterocycles. The first kappa shape index (κ1) is 21.2. The van der Waals surface area contributed by atoms with Gasteiger partial charge in [-0.25, -0.2) is 8.42 Å². The van der Waals surface area contributed by atoms with Crippen molar-refractivity contribution in [2.45, 2.75) is 51.3 Å².